The molecule has 0 bridgehead atoms. The second-order valence-electron chi connectivity index (χ2n) is 5.65. The number of ether oxygens (including phenoxy) is 1. The molecule has 1 aromatic rings. The number of halogens is 1. The molecule has 21 heavy (non-hydrogen) atoms. The van der Waals surface area contributed by atoms with E-state index in [2.05, 4.69) is 19.2 Å². The normalized spacial score (nSPS) is 11.7. The average Bonchev–Trinajstić information content (AvgIpc) is 2.36. The molecule has 1 aromatic carbocycles. The van der Waals surface area contributed by atoms with Crippen LogP contribution in [0, 0.1) is 12.8 Å². The summed E-state index contributed by atoms with van der Waals surface area (Å²) in [5.41, 5.74) is 7.66. The van der Waals surface area contributed by atoms with Gasteiger partial charge in [0.1, 0.15) is 5.75 Å². The SMILES string of the molecule is Cc1ccc(CNC(=O)[C@H](C)N)c(OCCC(C)C)c1.Cl. The van der Waals surface area contributed by atoms with Crippen molar-refractivity contribution in [3.63, 3.8) is 0 Å². The highest BCUT2D eigenvalue weighted by atomic mass is 35.5. The lowest BCUT2D eigenvalue weighted by Crippen LogP contribution is -2.37. The van der Waals surface area contributed by atoms with Gasteiger partial charge in [-0.2, -0.15) is 0 Å². The second-order valence-corrected chi connectivity index (χ2v) is 5.65. The number of benzene rings is 1. The molecular weight excluding hydrogens is 288 g/mol. The summed E-state index contributed by atoms with van der Waals surface area (Å²) in [7, 11) is 0. The van der Waals surface area contributed by atoms with Crippen molar-refractivity contribution in [2.75, 3.05) is 6.61 Å². The molecule has 0 unspecified atom stereocenters. The summed E-state index contributed by atoms with van der Waals surface area (Å²) in [6.45, 7) is 9.17. The number of hydrogen-bond acceptors (Lipinski definition) is 3. The number of rotatable bonds is 7. The molecule has 1 amide bonds. The van der Waals surface area contributed by atoms with E-state index in [9.17, 15) is 4.79 Å². The van der Waals surface area contributed by atoms with Crippen molar-refractivity contribution in [3.05, 3.63) is 29.3 Å². The molecule has 0 heterocycles. The number of nitrogens with two attached hydrogens (primary N) is 1. The first-order chi connectivity index (χ1) is 9.40. The maximum Gasteiger partial charge on any atom is 0.236 e. The smallest absolute Gasteiger partial charge is 0.236 e. The van der Waals surface area contributed by atoms with E-state index in [4.69, 9.17) is 10.5 Å². The molecule has 0 aliphatic carbocycles. The minimum Gasteiger partial charge on any atom is -0.493 e. The van der Waals surface area contributed by atoms with Gasteiger partial charge in [-0.15, -0.1) is 12.4 Å². The first-order valence-corrected chi connectivity index (χ1v) is 7.15. The van der Waals surface area contributed by atoms with Crippen molar-refractivity contribution in [2.45, 2.75) is 46.7 Å². The van der Waals surface area contributed by atoms with Gasteiger partial charge in [-0.05, 0) is 37.8 Å². The Morgan fingerprint density at radius 3 is 2.57 bits per heavy atom. The number of carbonyl (C=O) groups excluding carboxylic acids is 1. The summed E-state index contributed by atoms with van der Waals surface area (Å²) in [6, 6.07) is 5.52. The van der Waals surface area contributed by atoms with E-state index >= 15 is 0 Å². The number of aryl methyl sites for hydroxylation is 1. The van der Waals surface area contributed by atoms with E-state index in [1.165, 1.54) is 0 Å². The van der Waals surface area contributed by atoms with E-state index in [1.807, 2.05) is 25.1 Å². The molecule has 0 aromatic heterocycles. The fourth-order valence-electron chi connectivity index (χ4n) is 1.69. The molecule has 3 N–H and O–H groups in total. The fourth-order valence-corrected chi connectivity index (χ4v) is 1.69. The Hall–Kier alpha value is -1.26. The highest BCUT2D eigenvalue weighted by Gasteiger charge is 2.09. The van der Waals surface area contributed by atoms with E-state index in [0.717, 1.165) is 23.3 Å². The highest BCUT2D eigenvalue weighted by molar-refractivity contribution is 5.85. The van der Waals surface area contributed by atoms with Crippen LogP contribution in [0.25, 0.3) is 0 Å². The molecule has 5 heteroatoms. The Morgan fingerprint density at radius 1 is 1.33 bits per heavy atom. The Morgan fingerprint density at radius 2 is 2.00 bits per heavy atom. The number of nitrogens with one attached hydrogen (secondary N) is 1. The Bertz CT molecular complexity index is 448. The van der Waals surface area contributed by atoms with Gasteiger partial charge in [0, 0.05) is 12.1 Å². The standard InChI is InChI=1S/C16H26N2O2.ClH/c1-11(2)7-8-20-15-9-12(3)5-6-14(15)10-18-16(19)13(4)17;/h5-6,9,11,13H,7-8,10,17H2,1-4H3,(H,18,19);1H/t13-;/m0./s1. The minimum atomic E-state index is -0.495. The summed E-state index contributed by atoms with van der Waals surface area (Å²) < 4.78 is 5.84. The summed E-state index contributed by atoms with van der Waals surface area (Å²) in [5.74, 6) is 1.30. The van der Waals surface area contributed by atoms with Gasteiger partial charge in [0.25, 0.3) is 0 Å². The fraction of sp³-hybridized carbons (Fsp3) is 0.562. The van der Waals surface area contributed by atoms with Crippen molar-refractivity contribution in [1.82, 2.24) is 5.32 Å². The predicted octanol–water partition coefficient (Wildman–Crippen LogP) is 2.81. The molecule has 0 aliphatic rings. The van der Waals surface area contributed by atoms with Gasteiger partial charge in [-0.1, -0.05) is 26.0 Å². The Labute approximate surface area is 133 Å². The molecule has 0 fully saturated rings. The van der Waals surface area contributed by atoms with E-state index in [0.29, 0.717) is 19.1 Å². The topological polar surface area (TPSA) is 64.4 Å². The summed E-state index contributed by atoms with van der Waals surface area (Å²) >= 11 is 0. The second kappa shape index (κ2) is 9.64. The van der Waals surface area contributed by atoms with Crippen molar-refractivity contribution >= 4 is 18.3 Å². The van der Waals surface area contributed by atoms with Crippen LogP contribution >= 0.6 is 12.4 Å². The van der Waals surface area contributed by atoms with Gasteiger partial charge in [0.15, 0.2) is 0 Å². The lowest BCUT2D eigenvalue weighted by atomic mass is 10.1. The zero-order chi connectivity index (χ0) is 15.1. The monoisotopic (exact) mass is 314 g/mol. The molecule has 4 nitrogen and oxygen atoms in total. The van der Waals surface area contributed by atoms with Crippen molar-refractivity contribution in [2.24, 2.45) is 11.7 Å². The minimum absolute atomic E-state index is 0. The summed E-state index contributed by atoms with van der Waals surface area (Å²) in [4.78, 5) is 11.5. The van der Waals surface area contributed by atoms with Crippen LogP contribution in [0.5, 0.6) is 5.75 Å². The third-order valence-corrected chi connectivity index (χ3v) is 3.04. The summed E-state index contributed by atoms with van der Waals surface area (Å²) in [6.07, 6.45) is 1.01. The molecule has 0 radical (unpaired) electrons. The Kier molecular flexibility index (Phi) is 9.06. The zero-order valence-corrected chi connectivity index (χ0v) is 14.1. The molecule has 0 saturated heterocycles. The van der Waals surface area contributed by atoms with Crippen molar-refractivity contribution in [3.8, 4) is 5.75 Å². The lowest BCUT2D eigenvalue weighted by molar-refractivity contribution is -0.122. The van der Waals surface area contributed by atoms with Crippen LogP contribution in [-0.2, 0) is 11.3 Å². The number of carbonyl (C=O) groups is 1. The third-order valence-electron chi connectivity index (χ3n) is 3.04. The molecule has 1 rings (SSSR count). The van der Waals surface area contributed by atoms with Crippen LogP contribution in [0.4, 0.5) is 0 Å². The first-order valence-electron chi connectivity index (χ1n) is 7.15. The molecule has 0 saturated carbocycles. The highest BCUT2D eigenvalue weighted by Crippen LogP contribution is 2.21. The quantitative estimate of drug-likeness (QED) is 0.813. The van der Waals surface area contributed by atoms with Gasteiger partial charge < -0.3 is 15.8 Å². The molecule has 1 atom stereocenters. The first kappa shape index (κ1) is 19.7. The van der Waals surface area contributed by atoms with Gasteiger partial charge in [0.2, 0.25) is 5.91 Å². The van der Waals surface area contributed by atoms with Crippen molar-refractivity contribution < 1.29 is 9.53 Å². The van der Waals surface area contributed by atoms with Crippen LogP contribution in [0.1, 0.15) is 38.3 Å². The van der Waals surface area contributed by atoms with Crippen LogP contribution in [0.2, 0.25) is 0 Å². The lowest BCUT2D eigenvalue weighted by Gasteiger charge is -2.14. The van der Waals surface area contributed by atoms with Gasteiger partial charge in [0.05, 0.1) is 12.6 Å². The van der Waals surface area contributed by atoms with Crippen LogP contribution in [-0.4, -0.2) is 18.6 Å². The molecule has 120 valence electrons. The van der Waals surface area contributed by atoms with Crippen LogP contribution < -0.4 is 15.8 Å². The number of hydrogen-bond donors (Lipinski definition) is 2. The largest absolute Gasteiger partial charge is 0.493 e. The third kappa shape index (κ3) is 7.34. The van der Waals surface area contributed by atoms with E-state index in [1.54, 1.807) is 6.92 Å². The average molecular weight is 315 g/mol. The van der Waals surface area contributed by atoms with E-state index < -0.39 is 6.04 Å². The van der Waals surface area contributed by atoms with E-state index in [-0.39, 0.29) is 18.3 Å². The van der Waals surface area contributed by atoms with Gasteiger partial charge in [-0.25, -0.2) is 0 Å². The van der Waals surface area contributed by atoms with Crippen LogP contribution in [0.15, 0.2) is 18.2 Å². The molecular formula is C16H27ClN2O2. The van der Waals surface area contributed by atoms with Gasteiger partial charge in [-0.3, -0.25) is 4.79 Å². The number of amides is 1. The molecule has 0 spiro atoms. The predicted molar refractivity (Wildman–Crippen MR) is 88.9 cm³/mol. The molecule has 0 aliphatic heterocycles. The zero-order valence-electron chi connectivity index (χ0n) is 13.3. The maximum absolute atomic E-state index is 11.5. The summed E-state index contributed by atoms with van der Waals surface area (Å²) in [5, 5.41) is 2.81. The Balaban J connectivity index is 0.00000400. The van der Waals surface area contributed by atoms with Crippen LogP contribution in [0.3, 0.4) is 0 Å². The van der Waals surface area contributed by atoms with Gasteiger partial charge >= 0.3 is 0 Å². The van der Waals surface area contributed by atoms with Crippen molar-refractivity contribution in [1.29, 1.82) is 0 Å². The maximum atomic E-state index is 11.5.